The van der Waals surface area contributed by atoms with E-state index in [1.807, 2.05) is 5.38 Å². The summed E-state index contributed by atoms with van der Waals surface area (Å²) in [7, 11) is -4.47. The van der Waals surface area contributed by atoms with E-state index < -0.39 is 21.8 Å². The van der Waals surface area contributed by atoms with Crippen LogP contribution in [0.1, 0.15) is 65.7 Å². The summed E-state index contributed by atoms with van der Waals surface area (Å²) < 4.78 is 69.3. The number of aromatic nitrogens is 4. The number of benzene rings is 2. The highest BCUT2D eigenvalue weighted by Crippen LogP contribution is 2.45. The van der Waals surface area contributed by atoms with Crippen LogP contribution in [0.2, 0.25) is 20.1 Å². The van der Waals surface area contributed by atoms with Crippen LogP contribution in [0, 0.1) is 0 Å². The largest absolute Gasteiger partial charge is 0.304 e. The lowest BCUT2D eigenvalue weighted by Gasteiger charge is -2.10. The number of hydrogen-bond donors (Lipinski definition) is 1. The Morgan fingerprint density at radius 1 is 0.745 bits per heavy atom. The maximum atomic E-state index is 16.2. The zero-order valence-electron chi connectivity index (χ0n) is 28.8. The molecule has 0 saturated heterocycles. The minimum absolute atomic E-state index is 0.111. The Balaban J connectivity index is 1.08. The van der Waals surface area contributed by atoms with Gasteiger partial charge in [-0.1, -0.05) is 46.4 Å². The van der Waals surface area contributed by atoms with Crippen molar-refractivity contribution < 1.29 is 21.8 Å². The van der Waals surface area contributed by atoms with Crippen molar-refractivity contribution in [3.8, 4) is 32.5 Å². The van der Waals surface area contributed by atoms with E-state index in [1.54, 1.807) is 52.4 Å². The van der Waals surface area contributed by atoms with Crippen LogP contribution in [0.3, 0.4) is 0 Å². The van der Waals surface area contributed by atoms with Gasteiger partial charge in [0.05, 0.1) is 42.6 Å². The van der Waals surface area contributed by atoms with Crippen molar-refractivity contribution in [1.29, 1.82) is 0 Å². The van der Waals surface area contributed by atoms with Gasteiger partial charge < -0.3 is 0 Å². The number of allylic oxidation sites excluding steroid dienone is 2. The first-order valence-electron chi connectivity index (χ1n) is 17.4. The molecule has 2 aliphatic rings. The Morgan fingerprint density at radius 2 is 1.27 bits per heavy atom. The van der Waals surface area contributed by atoms with Crippen LogP contribution in [0.5, 0.6) is 0 Å². The number of aryl methyl sites for hydroxylation is 2. The van der Waals surface area contributed by atoms with E-state index in [0.717, 1.165) is 40.3 Å². The van der Waals surface area contributed by atoms with Crippen LogP contribution in [-0.2, 0) is 35.8 Å². The summed E-state index contributed by atoms with van der Waals surface area (Å²) in [6, 6.07) is 13.6. The molecule has 55 heavy (non-hydrogen) atoms. The van der Waals surface area contributed by atoms with Crippen LogP contribution in [0.15, 0.2) is 70.3 Å². The number of fused-ring (bicyclic) bond motifs is 6. The van der Waals surface area contributed by atoms with E-state index in [0.29, 0.717) is 93.1 Å². The maximum absolute atomic E-state index is 16.2. The van der Waals surface area contributed by atoms with Gasteiger partial charge in [0.15, 0.2) is 0 Å². The molecule has 0 aliphatic heterocycles. The third kappa shape index (κ3) is 7.48. The normalized spacial score (nSPS) is 14.6. The lowest BCUT2D eigenvalue weighted by atomic mass is 10.1. The molecule has 4 aromatic heterocycles. The summed E-state index contributed by atoms with van der Waals surface area (Å²) in [5, 5.41) is 13.0. The fourth-order valence-electron chi connectivity index (χ4n) is 7.22. The molecule has 1 N–H and O–H groups in total. The van der Waals surface area contributed by atoms with E-state index in [1.165, 1.54) is 28.5 Å². The molecule has 6 aromatic rings. The van der Waals surface area contributed by atoms with Crippen molar-refractivity contribution in [2.45, 2.75) is 62.0 Å². The lowest BCUT2D eigenvalue weighted by Crippen LogP contribution is -2.00. The van der Waals surface area contributed by atoms with Gasteiger partial charge >= 0.3 is 10.1 Å². The molecule has 2 aliphatic carbocycles. The number of hydrogen-bond acceptors (Lipinski definition) is 6. The third-order valence-electron chi connectivity index (χ3n) is 9.71. The zero-order chi connectivity index (χ0) is 38.6. The first-order chi connectivity index (χ1) is 26.4. The highest BCUT2D eigenvalue weighted by Gasteiger charge is 2.31. The molecule has 284 valence electrons. The molecule has 2 aromatic carbocycles. The van der Waals surface area contributed by atoms with Crippen LogP contribution < -0.4 is 0 Å². The molecule has 0 radical (unpaired) electrons. The molecule has 0 saturated carbocycles. The van der Waals surface area contributed by atoms with E-state index >= 15 is 8.78 Å². The topological polar surface area (TPSA) is 90.0 Å². The SMILES string of the molecule is O=S(=O)(O)c1cc2c(s1)-c1c(c(/C(F)=C/CCC/C=C(\F)c3nn(-c4ccc(Cl)cc4Cl)c4c3CCCc3ccsc3-4)nn1-c1ccc(Cl)cc1Cl)CCC2. The summed E-state index contributed by atoms with van der Waals surface area (Å²) in [6.45, 7) is 0. The van der Waals surface area contributed by atoms with Gasteiger partial charge in [0.25, 0.3) is 0 Å². The number of nitrogens with zero attached hydrogens (tertiary/aromatic N) is 4. The summed E-state index contributed by atoms with van der Waals surface area (Å²) in [6.07, 6.45) is 7.96. The monoisotopic (exact) mass is 876 g/mol. The standard InChI is InChI=1S/C39H30Cl4F2N4O3S3/c40-23-12-14-31(27(42)19-23)48-36-25(8-4-6-21-16-17-53-38(21)36)34(46-48)29(44)10-2-1-3-11-30(45)35-26-9-5-7-22-18-33(55(50,51)52)54-39(22)37(26)49(47-35)32-15-13-24(41)20-28(32)43/h10-20H,1-9H2,(H,50,51,52)/b29-10-,30-11-. The molecule has 0 bridgehead atoms. The van der Waals surface area contributed by atoms with Gasteiger partial charge in [-0.15, -0.1) is 22.7 Å². The Hall–Kier alpha value is -3.33. The molecule has 8 rings (SSSR count). The molecule has 4 heterocycles. The second-order valence-electron chi connectivity index (χ2n) is 13.3. The van der Waals surface area contributed by atoms with Gasteiger partial charge in [0.1, 0.15) is 27.3 Å². The second-order valence-corrected chi connectivity index (χ2v) is 18.6. The lowest BCUT2D eigenvalue weighted by molar-refractivity contribution is 0.485. The predicted molar refractivity (Wildman–Crippen MR) is 220 cm³/mol. The molecule has 0 spiro atoms. The number of unbranched alkanes of at least 4 members (excludes halogenated alkanes) is 2. The van der Waals surface area contributed by atoms with Crippen molar-refractivity contribution in [2.24, 2.45) is 0 Å². The smallest absolute Gasteiger partial charge is 0.281 e. The van der Waals surface area contributed by atoms with Crippen LogP contribution in [-0.4, -0.2) is 32.5 Å². The molecule has 7 nitrogen and oxygen atoms in total. The molecule has 0 amide bonds. The molecule has 16 heteroatoms. The summed E-state index contributed by atoms with van der Waals surface area (Å²) in [4.78, 5) is 1.60. The Kier molecular flexibility index (Phi) is 10.9. The zero-order valence-corrected chi connectivity index (χ0v) is 34.2. The summed E-state index contributed by atoms with van der Waals surface area (Å²) >= 11 is 28.1. The van der Waals surface area contributed by atoms with Gasteiger partial charge in [-0.25, -0.2) is 18.1 Å². The van der Waals surface area contributed by atoms with Gasteiger partial charge in [-0.05, 0) is 135 Å². The fraction of sp³-hybridized carbons (Fsp3) is 0.231. The van der Waals surface area contributed by atoms with E-state index in [2.05, 4.69) is 11.2 Å². The molecular formula is C39H30Cl4F2N4O3S3. The Morgan fingerprint density at radius 3 is 1.80 bits per heavy atom. The Bertz CT molecular complexity index is 2660. The average Bonchev–Trinajstić information content (AvgIpc) is 3.89. The Labute approximate surface area is 344 Å². The average molecular weight is 879 g/mol. The van der Waals surface area contributed by atoms with Crippen molar-refractivity contribution in [3.63, 3.8) is 0 Å². The van der Waals surface area contributed by atoms with Crippen LogP contribution in [0.4, 0.5) is 8.78 Å². The van der Waals surface area contributed by atoms with Gasteiger partial charge in [-0.2, -0.15) is 18.6 Å². The van der Waals surface area contributed by atoms with Gasteiger partial charge in [0.2, 0.25) is 0 Å². The minimum atomic E-state index is -4.47. The van der Waals surface area contributed by atoms with Crippen molar-refractivity contribution in [2.75, 3.05) is 0 Å². The third-order valence-corrected chi connectivity index (χ3v) is 14.2. The number of halogens is 6. The quantitative estimate of drug-likeness (QED) is 0.115. The fourth-order valence-corrected chi connectivity index (χ4v) is 11.2. The van der Waals surface area contributed by atoms with E-state index in [-0.39, 0.29) is 20.6 Å². The second kappa shape index (κ2) is 15.5. The number of rotatable bonds is 9. The van der Waals surface area contributed by atoms with Crippen molar-refractivity contribution in [3.05, 3.63) is 120 Å². The van der Waals surface area contributed by atoms with E-state index in [4.69, 9.17) is 51.5 Å². The van der Waals surface area contributed by atoms with E-state index in [9.17, 15) is 13.0 Å². The maximum Gasteiger partial charge on any atom is 0.304 e. The summed E-state index contributed by atoms with van der Waals surface area (Å²) in [5.74, 6) is -1.01. The predicted octanol–water partition coefficient (Wildman–Crippen LogP) is 12.8. The molecular weight excluding hydrogens is 848 g/mol. The highest BCUT2D eigenvalue weighted by atomic mass is 35.5. The molecule has 0 atom stereocenters. The first kappa shape index (κ1) is 38.5. The molecule has 0 fully saturated rings. The van der Waals surface area contributed by atoms with Gasteiger partial charge in [0, 0.05) is 21.2 Å². The van der Waals surface area contributed by atoms with Crippen LogP contribution in [0.25, 0.3) is 44.2 Å². The minimum Gasteiger partial charge on any atom is -0.281 e. The van der Waals surface area contributed by atoms with Gasteiger partial charge in [-0.3, -0.25) is 4.55 Å². The van der Waals surface area contributed by atoms with Crippen molar-refractivity contribution >= 4 is 90.8 Å². The highest BCUT2D eigenvalue weighted by molar-refractivity contribution is 7.88. The van der Waals surface area contributed by atoms with Crippen molar-refractivity contribution in [1.82, 2.24) is 19.6 Å². The first-order valence-corrected chi connectivity index (χ1v) is 22.1. The van der Waals surface area contributed by atoms with Crippen LogP contribution >= 0.6 is 69.1 Å². The summed E-state index contributed by atoms with van der Waals surface area (Å²) in [5.41, 5.74) is 6.08. The number of thiophene rings is 2. The molecule has 0 unspecified atom stereocenters.